The lowest BCUT2D eigenvalue weighted by atomic mass is 9.76. The van der Waals surface area contributed by atoms with Gasteiger partial charge in [-0.15, -0.1) is 0 Å². The van der Waals surface area contributed by atoms with Crippen molar-refractivity contribution in [2.75, 3.05) is 18.0 Å². The second-order valence-corrected chi connectivity index (χ2v) is 12.3. The van der Waals surface area contributed by atoms with Gasteiger partial charge in [0.2, 0.25) is 5.91 Å². The van der Waals surface area contributed by atoms with Crippen LogP contribution in [0.25, 0.3) is 0 Å². The van der Waals surface area contributed by atoms with Gasteiger partial charge in [-0.05, 0) is 60.1 Å². The van der Waals surface area contributed by atoms with E-state index in [1.165, 1.54) is 11.1 Å². The number of anilines is 1. The number of piperazine rings is 1. The largest absolute Gasteiger partial charge is 0.315 e. The smallest absolute Gasteiger partial charge is 0.244 e. The highest BCUT2D eigenvalue weighted by Crippen LogP contribution is 2.42. The lowest BCUT2D eigenvalue weighted by molar-refractivity contribution is -0.126. The number of carbonyl (C=O) groups excluding carboxylic acids is 1. The Labute approximate surface area is 261 Å². The number of hydrogen-bond acceptors (Lipinski definition) is 3. The molecule has 0 N–H and O–H groups in total. The van der Waals surface area contributed by atoms with Crippen LogP contribution in [0.3, 0.4) is 0 Å². The summed E-state index contributed by atoms with van der Waals surface area (Å²) in [4.78, 5) is 23.6. The van der Waals surface area contributed by atoms with E-state index in [4.69, 9.17) is 4.98 Å². The molecule has 0 radical (unpaired) electrons. The molecule has 1 aliphatic rings. The Morgan fingerprint density at radius 2 is 1.34 bits per heavy atom. The maximum atomic E-state index is 14.3. The van der Waals surface area contributed by atoms with Crippen LogP contribution in [0.1, 0.15) is 53.9 Å². The van der Waals surface area contributed by atoms with E-state index < -0.39 is 5.54 Å². The third-order valence-corrected chi connectivity index (χ3v) is 9.16. The Kier molecular flexibility index (Phi) is 8.49. The van der Waals surface area contributed by atoms with Gasteiger partial charge in [0, 0.05) is 31.2 Å². The predicted octanol–water partition coefficient (Wildman–Crippen LogP) is 7.60. The summed E-state index contributed by atoms with van der Waals surface area (Å²) >= 11 is 0. The van der Waals surface area contributed by atoms with E-state index in [9.17, 15) is 4.79 Å². The van der Waals surface area contributed by atoms with Crippen LogP contribution in [-0.2, 0) is 16.9 Å². The van der Waals surface area contributed by atoms with E-state index in [1.807, 2.05) is 11.1 Å². The third-order valence-electron chi connectivity index (χ3n) is 9.16. The molecule has 224 valence electrons. The van der Waals surface area contributed by atoms with Crippen LogP contribution in [0.2, 0.25) is 0 Å². The maximum absolute atomic E-state index is 14.3. The lowest BCUT2D eigenvalue weighted by Crippen LogP contribution is -2.57. The monoisotopic (exact) mass is 582 g/mol. The predicted molar refractivity (Wildman–Crippen MR) is 179 cm³/mol. The molecule has 1 aliphatic heterocycles. The number of hydrogen-bond donors (Lipinski definition) is 0. The van der Waals surface area contributed by atoms with Crippen molar-refractivity contribution in [3.05, 3.63) is 155 Å². The molecule has 1 amide bonds. The summed E-state index contributed by atoms with van der Waals surface area (Å²) in [7, 11) is 0. The summed E-state index contributed by atoms with van der Waals surface area (Å²) in [5.74, 6) is 1.49. The number of aryl methyl sites for hydroxylation is 1. The number of imidazole rings is 1. The Hall–Kier alpha value is -4.48. The highest BCUT2D eigenvalue weighted by atomic mass is 16.2. The molecule has 0 bridgehead atoms. The number of aromatic nitrogens is 2. The number of amides is 1. The summed E-state index contributed by atoms with van der Waals surface area (Å²) < 4.78 is 2.33. The number of nitrogens with zero attached hydrogens (tertiary/aromatic N) is 4. The van der Waals surface area contributed by atoms with Crippen LogP contribution >= 0.6 is 0 Å². The van der Waals surface area contributed by atoms with Crippen LogP contribution in [0.4, 0.5) is 5.69 Å². The maximum Gasteiger partial charge on any atom is 0.244 e. The molecule has 1 fully saturated rings. The Bertz CT molecular complexity index is 1600. The standard InChI is InChI=1S/C39H42N4O/c1-29(2)27-36-38(44)42(35-22-14-15-30(3)31(35)4)26-25-41(36)28-37-40-23-24-43(37)39(32-16-8-5-9-17-32,33-18-10-6-11-19-33)34-20-12-7-13-21-34/h5-24,29,36H,25-28H2,1-4H3. The van der Waals surface area contributed by atoms with E-state index in [-0.39, 0.29) is 11.9 Å². The second-order valence-electron chi connectivity index (χ2n) is 12.3. The van der Waals surface area contributed by atoms with E-state index in [0.717, 1.165) is 41.2 Å². The molecule has 5 nitrogen and oxygen atoms in total. The van der Waals surface area contributed by atoms with E-state index in [1.54, 1.807) is 0 Å². The van der Waals surface area contributed by atoms with Crippen molar-refractivity contribution >= 4 is 11.6 Å². The molecule has 2 heterocycles. The molecule has 44 heavy (non-hydrogen) atoms. The fourth-order valence-electron chi connectivity index (χ4n) is 6.88. The van der Waals surface area contributed by atoms with Gasteiger partial charge < -0.3 is 9.47 Å². The minimum absolute atomic E-state index is 0.178. The fourth-order valence-corrected chi connectivity index (χ4v) is 6.88. The van der Waals surface area contributed by atoms with Gasteiger partial charge in [-0.2, -0.15) is 0 Å². The van der Waals surface area contributed by atoms with Crippen molar-refractivity contribution in [3.8, 4) is 0 Å². The molecule has 0 spiro atoms. The van der Waals surface area contributed by atoms with E-state index in [0.29, 0.717) is 19.0 Å². The van der Waals surface area contributed by atoms with Crippen LogP contribution in [0.15, 0.2) is 122 Å². The summed E-state index contributed by atoms with van der Waals surface area (Å²) in [6.07, 6.45) is 4.81. The minimum Gasteiger partial charge on any atom is -0.315 e. The molecule has 6 rings (SSSR count). The van der Waals surface area contributed by atoms with Crippen molar-refractivity contribution in [1.29, 1.82) is 0 Å². The van der Waals surface area contributed by atoms with Crippen molar-refractivity contribution < 1.29 is 4.79 Å². The highest BCUT2D eigenvalue weighted by molar-refractivity contribution is 5.98. The molecule has 0 aliphatic carbocycles. The van der Waals surface area contributed by atoms with Crippen LogP contribution in [-0.4, -0.2) is 39.5 Å². The molecular weight excluding hydrogens is 540 g/mol. The van der Waals surface area contributed by atoms with Gasteiger partial charge in [0.15, 0.2) is 0 Å². The highest BCUT2D eigenvalue weighted by Gasteiger charge is 2.41. The third kappa shape index (κ3) is 5.37. The lowest BCUT2D eigenvalue weighted by Gasteiger charge is -2.43. The molecule has 1 aromatic heterocycles. The van der Waals surface area contributed by atoms with Gasteiger partial charge >= 0.3 is 0 Å². The normalized spacial score (nSPS) is 16.1. The zero-order valence-corrected chi connectivity index (χ0v) is 26.2. The summed E-state index contributed by atoms with van der Waals surface area (Å²) in [5, 5.41) is 0. The molecule has 4 aromatic carbocycles. The summed E-state index contributed by atoms with van der Waals surface area (Å²) in [5.41, 5.74) is 6.24. The zero-order chi connectivity index (χ0) is 30.7. The van der Waals surface area contributed by atoms with Gasteiger partial charge in [-0.25, -0.2) is 4.98 Å². The van der Waals surface area contributed by atoms with Crippen molar-refractivity contribution in [1.82, 2.24) is 14.5 Å². The van der Waals surface area contributed by atoms with Gasteiger partial charge in [0.05, 0.1) is 12.6 Å². The molecule has 1 saturated heterocycles. The molecule has 5 aromatic rings. The molecular formula is C39H42N4O. The van der Waals surface area contributed by atoms with E-state index in [2.05, 4.69) is 153 Å². The average Bonchev–Trinajstić information content (AvgIpc) is 3.51. The topological polar surface area (TPSA) is 41.4 Å². The average molecular weight is 583 g/mol. The molecule has 5 heteroatoms. The van der Waals surface area contributed by atoms with E-state index >= 15 is 0 Å². The molecule has 1 unspecified atom stereocenters. The minimum atomic E-state index is -0.645. The van der Waals surface area contributed by atoms with Crippen LogP contribution < -0.4 is 4.90 Å². The quantitative estimate of drug-likeness (QED) is 0.168. The van der Waals surface area contributed by atoms with Crippen LogP contribution in [0.5, 0.6) is 0 Å². The van der Waals surface area contributed by atoms with Crippen molar-refractivity contribution in [3.63, 3.8) is 0 Å². The summed E-state index contributed by atoms with van der Waals surface area (Å²) in [6.45, 7) is 10.6. The van der Waals surface area contributed by atoms with Gasteiger partial charge in [0.1, 0.15) is 11.4 Å². The van der Waals surface area contributed by atoms with Gasteiger partial charge in [-0.1, -0.05) is 117 Å². The Morgan fingerprint density at radius 3 is 1.89 bits per heavy atom. The fraction of sp³-hybridized carbons (Fsp3) is 0.282. The summed E-state index contributed by atoms with van der Waals surface area (Å²) in [6, 6.07) is 38.1. The zero-order valence-electron chi connectivity index (χ0n) is 26.2. The number of carbonyl (C=O) groups is 1. The Morgan fingerprint density at radius 1 is 0.773 bits per heavy atom. The van der Waals surface area contributed by atoms with Crippen LogP contribution in [0, 0.1) is 19.8 Å². The molecule has 1 atom stereocenters. The molecule has 0 saturated carbocycles. The Balaban J connectivity index is 1.45. The first kappa shape index (κ1) is 29.6. The SMILES string of the molecule is Cc1cccc(N2CCN(Cc3nccn3C(c3ccccc3)(c3ccccc3)c3ccccc3)C(CC(C)C)C2=O)c1C. The number of benzene rings is 4. The van der Waals surface area contributed by atoms with Crippen molar-refractivity contribution in [2.24, 2.45) is 5.92 Å². The first-order chi connectivity index (χ1) is 21.4. The van der Waals surface area contributed by atoms with Gasteiger partial charge in [0.25, 0.3) is 0 Å². The second kappa shape index (κ2) is 12.6. The number of rotatable bonds is 9. The van der Waals surface area contributed by atoms with Crippen molar-refractivity contribution in [2.45, 2.75) is 52.2 Å². The first-order valence-electron chi connectivity index (χ1n) is 15.7. The van der Waals surface area contributed by atoms with Gasteiger partial charge in [-0.3, -0.25) is 9.69 Å². The first-order valence-corrected chi connectivity index (χ1v) is 15.7.